The number of ether oxygens (including phenoxy) is 2. The number of carbonyl (C=O) groups is 2. The van der Waals surface area contributed by atoms with Crippen LogP contribution in [0.25, 0.3) is 0 Å². The van der Waals surface area contributed by atoms with E-state index in [1.807, 2.05) is 0 Å². The molecule has 0 N–H and O–H groups in total. The molecule has 0 amide bonds. The van der Waals surface area contributed by atoms with E-state index < -0.39 is 23.8 Å². The van der Waals surface area contributed by atoms with Gasteiger partial charge in [0.05, 0.1) is 25.5 Å². The number of carbonyl (C=O) groups excluding carboxylic acids is 2. The molecule has 2 atom stereocenters. The molecule has 0 saturated carbocycles. The van der Waals surface area contributed by atoms with Crippen molar-refractivity contribution < 1.29 is 19.1 Å². The van der Waals surface area contributed by atoms with Crippen molar-refractivity contribution in [3.05, 3.63) is 46.1 Å². The van der Waals surface area contributed by atoms with Crippen molar-refractivity contribution >= 4 is 45.2 Å². The fourth-order valence-electron chi connectivity index (χ4n) is 2.88. The Labute approximate surface area is 153 Å². The number of rotatable bonds is 4. The minimum atomic E-state index is -0.744. The number of halogens is 2. The Hall–Kier alpha value is -1.66. The van der Waals surface area contributed by atoms with Gasteiger partial charge in [-0.15, -0.1) is 0 Å². The first kappa shape index (κ1) is 18.7. The highest BCUT2D eigenvalue weighted by Crippen LogP contribution is 2.42. The topological polar surface area (TPSA) is 65.0 Å². The lowest BCUT2D eigenvalue weighted by Crippen LogP contribution is -2.36. The second kappa shape index (κ2) is 7.94. The maximum atomic E-state index is 12.4. The third kappa shape index (κ3) is 3.39. The van der Waals surface area contributed by atoms with Crippen LogP contribution in [0.3, 0.4) is 0 Å². The molecule has 1 aliphatic heterocycles. The predicted octanol–water partition coefficient (Wildman–Crippen LogP) is 3.51. The molecule has 0 aliphatic carbocycles. The fraction of sp³-hybridized carbons (Fsp3) is 0.353. The summed E-state index contributed by atoms with van der Waals surface area (Å²) in [7, 11) is 2.60. The number of benzene rings is 1. The molecular weight excluding hydrogens is 398 g/mol. The van der Waals surface area contributed by atoms with Gasteiger partial charge in [0.2, 0.25) is 0 Å². The third-order valence-electron chi connectivity index (χ3n) is 3.94. The molecular formula is C17H17BrClNO4. The van der Waals surface area contributed by atoms with Crippen molar-refractivity contribution in [3.63, 3.8) is 0 Å². The summed E-state index contributed by atoms with van der Waals surface area (Å²) in [6.07, 6.45) is 0. The van der Waals surface area contributed by atoms with Gasteiger partial charge in [-0.2, -0.15) is 0 Å². The van der Waals surface area contributed by atoms with E-state index in [4.69, 9.17) is 21.1 Å². The average Bonchev–Trinajstić information content (AvgIpc) is 2.59. The first-order chi connectivity index (χ1) is 11.5. The third-order valence-corrected chi connectivity index (χ3v) is 4.82. The van der Waals surface area contributed by atoms with Crippen molar-refractivity contribution in [2.45, 2.75) is 12.8 Å². The van der Waals surface area contributed by atoms with Crippen molar-refractivity contribution in [2.24, 2.45) is 10.9 Å². The van der Waals surface area contributed by atoms with E-state index in [0.717, 1.165) is 0 Å². The van der Waals surface area contributed by atoms with Crippen LogP contribution in [0.1, 0.15) is 18.4 Å². The van der Waals surface area contributed by atoms with Gasteiger partial charge in [-0.05, 0) is 18.6 Å². The van der Waals surface area contributed by atoms with E-state index in [1.54, 1.807) is 31.2 Å². The lowest BCUT2D eigenvalue weighted by Gasteiger charge is -2.31. The van der Waals surface area contributed by atoms with Crippen LogP contribution in [0.2, 0.25) is 5.02 Å². The summed E-state index contributed by atoms with van der Waals surface area (Å²) < 4.78 is 9.86. The number of hydrogen-bond acceptors (Lipinski definition) is 5. The number of esters is 2. The molecule has 0 fully saturated rings. The number of alkyl halides is 1. The highest BCUT2D eigenvalue weighted by molar-refractivity contribution is 9.09. The van der Waals surface area contributed by atoms with Crippen LogP contribution in [0.5, 0.6) is 0 Å². The Morgan fingerprint density at radius 1 is 1.25 bits per heavy atom. The Balaban J connectivity index is 2.75. The van der Waals surface area contributed by atoms with E-state index in [1.165, 1.54) is 14.2 Å². The first-order valence-electron chi connectivity index (χ1n) is 7.21. The molecule has 0 bridgehead atoms. The molecule has 2 rings (SSSR count). The minimum absolute atomic E-state index is 0.309. The number of aliphatic imine (C=N–C) groups is 1. The standard InChI is InChI=1S/C17H17BrClNO4/c1-9-13(16(21)23-2)14(10-6-4-5-7-11(10)19)15(17(22)24-3)12(8-18)20-9/h4-7,13-14H,8H2,1-3H3. The molecule has 0 spiro atoms. The smallest absolute Gasteiger partial charge is 0.336 e. The number of allylic oxidation sites excluding steroid dienone is 1. The Kier molecular flexibility index (Phi) is 6.18. The van der Waals surface area contributed by atoms with E-state index in [0.29, 0.717) is 32.9 Å². The van der Waals surface area contributed by atoms with Crippen LogP contribution in [0, 0.1) is 5.92 Å². The van der Waals surface area contributed by atoms with Crippen molar-refractivity contribution in [2.75, 3.05) is 19.5 Å². The van der Waals surface area contributed by atoms with Crippen molar-refractivity contribution in [1.82, 2.24) is 0 Å². The second-order valence-electron chi connectivity index (χ2n) is 5.24. The molecule has 1 aromatic carbocycles. The maximum Gasteiger partial charge on any atom is 0.336 e. The molecule has 1 aromatic rings. The number of nitrogens with zero attached hydrogens (tertiary/aromatic N) is 1. The van der Waals surface area contributed by atoms with Crippen LogP contribution in [0.4, 0.5) is 0 Å². The van der Waals surface area contributed by atoms with Gasteiger partial charge in [0.15, 0.2) is 0 Å². The molecule has 0 saturated heterocycles. The van der Waals surface area contributed by atoms with Crippen molar-refractivity contribution in [3.8, 4) is 0 Å². The quantitative estimate of drug-likeness (QED) is 0.559. The fourth-order valence-corrected chi connectivity index (χ4v) is 3.56. The lowest BCUT2D eigenvalue weighted by atomic mass is 9.75. The normalized spacial score (nSPS) is 20.5. The summed E-state index contributed by atoms with van der Waals surface area (Å²) in [6, 6.07) is 7.10. The summed E-state index contributed by atoms with van der Waals surface area (Å²) in [5.74, 6) is -2.38. The van der Waals surface area contributed by atoms with Crippen LogP contribution >= 0.6 is 27.5 Å². The van der Waals surface area contributed by atoms with E-state index >= 15 is 0 Å². The second-order valence-corrected chi connectivity index (χ2v) is 6.21. The molecule has 7 heteroatoms. The molecule has 0 aromatic heterocycles. The van der Waals surface area contributed by atoms with Gasteiger partial charge >= 0.3 is 11.9 Å². The van der Waals surface area contributed by atoms with Crippen LogP contribution in [0.15, 0.2) is 40.5 Å². The van der Waals surface area contributed by atoms with Crippen LogP contribution in [-0.4, -0.2) is 37.2 Å². The maximum absolute atomic E-state index is 12.4. The lowest BCUT2D eigenvalue weighted by molar-refractivity contribution is -0.143. The molecule has 2 unspecified atom stereocenters. The van der Waals surface area contributed by atoms with Gasteiger partial charge < -0.3 is 9.47 Å². The molecule has 1 heterocycles. The predicted molar refractivity (Wildman–Crippen MR) is 95.6 cm³/mol. The van der Waals surface area contributed by atoms with Crippen LogP contribution < -0.4 is 0 Å². The summed E-state index contributed by atoms with van der Waals surface area (Å²) >= 11 is 9.69. The largest absolute Gasteiger partial charge is 0.468 e. The summed E-state index contributed by atoms with van der Waals surface area (Å²) in [5.41, 5.74) is 2.05. The Morgan fingerprint density at radius 3 is 2.46 bits per heavy atom. The SMILES string of the molecule is COC(=O)C1=C(CBr)N=C(C)C(C(=O)OC)C1c1ccccc1Cl. The van der Waals surface area contributed by atoms with Gasteiger partial charge in [0, 0.05) is 22.0 Å². The molecule has 5 nitrogen and oxygen atoms in total. The molecule has 1 aliphatic rings. The minimum Gasteiger partial charge on any atom is -0.468 e. The first-order valence-corrected chi connectivity index (χ1v) is 8.70. The van der Waals surface area contributed by atoms with Crippen molar-refractivity contribution in [1.29, 1.82) is 0 Å². The highest BCUT2D eigenvalue weighted by atomic mass is 79.9. The summed E-state index contributed by atoms with van der Waals surface area (Å²) in [6.45, 7) is 1.74. The zero-order chi connectivity index (χ0) is 17.9. The van der Waals surface area contributed by atoms with Gasteiger partial charge in [0.1, 0.15) is 5.92 Å². The number of hydrogen-bond donors (Lipinski definition) is 0. The van der Waals surface area contributed by atoms with Gasteiger partial charge in [0.25, 0.3) is 0 Å². The Morgan fingerprint density at radius 2 is 1.92 bits per heavy atom. The average molecular weight is 415 g/mol. The number of methoxy groups -OCH3 is 2. The molecule has 24 heavy (non-hydrogen) atoms. The highest BCUT2D eigenvalue weighted by Gasteiger charge is 2.43. The van der Waals surface area contributed by atoms with Gasteiger partial charge in [-0.1, -0.05) is 45.7 Å². The summed E-state index contributed by atoms with van der Waals surface area (Å²) in [4.78, 5) is 29.2. The molecule has 128 valence electrons. The van der Waals surface area contributed by atoms with Crippen LogP contribution in [-0.2, 0) is 19.1 Å². The van der Waals surface area contributed by atoms with Gasteiger partial charge in [-0.3, -0.25) is 9.79 Å². The van der Waals surface area contributed by atoms with E-state index in [2.05, 4.69) is 20.9 Å². The Bertz CT molecular complexity index is 729. The van der Waals surface area contributed by atoms with E-state index in [9.17, 15) is 9.59 Å². The monoisotopic (exact) mass is 413 g/mol. The molecule has 0 radical (unpaired) electrons. The van der Waals surface area contributed by atoms with Gasteiger partial charge in [-0.25, -0.2) is 4.79 Å². The summed E-state index contributed by atoms with van der Waals surface area (Å²) in [5, 5.41) is 0.810. The zero-order valence-corrected chi connectivity index (χ0v) is 15.8. The zero-order valence-electron chi connectivity index (χ0n) is 13.5. The van der Waals surface area contributed by atoms with E-state index in [-0.39, 0.29) is 0 Å².